The lowest BCUT2D eigenvalue weighted by atomic mass is 10.1. The molecule has 0 unspecified atom stereocenters. The van der Waals surface area contributed by atoms with E-state index in [9.17, 15) is 17.6 Å². The second-order valence-corrected chi connectivity index (χ2v) is 8.41. The SMILES string of the molecule is CCOC(=O)CCc1nc(-c2ccc(S(C)(=O)=O)cc2)c(-c2ccc(F)cc2)o1. The molecule has 0 atom stereocenters. The van der Waals surface area contributed by atoms with E-state index in [-0.39, 0.29) is 29.5 Å². The first-order valence-electron chi connectivity index (χ1n) is 8.99. The highest BCUT2D eigenvalue weighted by Crippen LogP contribution is 2.33. The summed E-state index contributed by atoms with van der Waals surface area (Å²) in [7, 11) is -3.32. The summed E-state index contributed by atoms with van der Waals surface area (Å²) in [4.78, 5) is 16.3. The van der Waals surface area contributed by atoms with E-state index in [4.69, 9.17) is 9.15 Å². The van der Waals surface area contributed by atoms with Crippen molar-refractivity contribution >= 4 is 15.8 Å². The molecule has 6 nitrogen and oxygen atoms in total. The number of carbonyl (C=O) groups is 1. The van der Waals surface area contributed by atoms with E-state index >= 15 is 0 Å². The Hall–Kier alpha value is -3.00. The molecule has 0 spiro atoms. The zero-order chi connectivity index (χ0) is 21.0. The molecule has 0 aliphatic rings. The van der Waals surface area contributed by atoms with Crippen molar-refractivity contribution in [2.75, 3.05) is 12.9 Å². The molecule has 0 saturated heterocycles. The van der Waals surface area contributed by atoms with Crippen molar-refractivity contribution in [2.45, 2.75) is 24.7 Å². The summed E-state index contributed by atoms with van der Waals surface area (Å²) in [5, 5.41) is 0. The lowest BCUT2D eigenvalue weighted by molar-refractivity contribution is -0.143. The number of aryl methyl sites for hydroxylation is 1. The van der Waals surface area contributed by atoms with E-state index < -0.39 is 9.84 Å². The van der Waals surface area contributed by atoms with E-state index in [1.54, 1.807) is 31.2 Å². The van der Waals surface area contributed by atoms with Gasteiger partial charge in [-0.1, -0.05) is 12.1 Å². The quantitative estimate of drug-likeness (QED) is 0.539. The molecule has 0 N–H and O–H groups in total. The molecule has 2 aromatic carbocycles. The molecule has 3 rings (SSSR count). The summed E-state index contributed by atoms with van der Waals surface area (Å²) in [6.45, 7) is 2.02. The van der Waals surface area contributed by atoms with Gasteiger partial charge < -0.3 is 9.15 Å². The second-order valence-electron chi connectivity index (χ2n) is 6.39. The van der Waals surface area contributed by atoms with Crippen molar-refractivity contribution in [3.05, 3.63) is 60.2 Å². The Morgan fingerprint density at radius 1 is 1.07 bits per heavy atom. The third kappa shape index (κ3) is 5.08. The number of hydrogen-bond donors (Lipinski definition) is 0. The molecular weight excluding hydrogens is 397 g/mol. The van der Waals surface area contributed by atoms with Gasteiger partial charge in [-0.05, 0) is 43.3 Å². The summed E-state index contributed by atoms with van der Waals surface area (Å²) in [5.74, 6) is 0.0125. The summed E-state index contributed by atoms with van der Waals surface area (Å²) in [5.41, 5.74) is 1.74. The van der Waals surface area contributed by atoms with Crippen molar-refractivity contribution in [2.24, 2.45) is 0 Å². The van der Waals surface area contributed by atoms with Crippen LogP contribution < -0.4 is 0 Å². The maximum Gasteiger partial charge on any atom is 0.306 e. The van der Waals surface area contributed by atoms with Crippen LogP contribution >= 0.6 is 0 Å². The monoisotopic (exact) mass is 417 g/mol. The van der Waals surface area contributed by atoms with Crippen LogP contribution in [0.2, 0.25) is 0 Å². The Balaban J connectivity index is 1.99. The van der Waals surface area contributed by atoms with Crippen molar-refractivity contribution in [3.63, 3.8) is 0 Å². The number of halogens is 1. The van der Waals surface area contributed by atoms with E-state index in [2.05, 4.69) is 4.98 Å². The summed E-state index contributed by atoms with van der Waals surface area (Å²) in [6, 6.07) is 12.0. The Labute approximate surface area is 168 Å². The topological polar surface area (TPSA) is 86.5 Å². The van der Waals surface area contributed by atoms with Gasteiger partial charge in [0.2, 0.25) is 0 Å². The average molecular weight is 417 g/mol. The molecule has 3 aromatic rings. The number of benzene rings is 2. The molecule has 29 heavy (non-hydrogen) atoms. The van der Waals surface area contributed by atoms with Gasteiger partial charge in [0.25, 0.3) is 0 Å². The Kier molecular flexibility index (Phi) is 6.12. The summed E-state index contributed by atoms with van der Waals surface area (Å²) in [6.07, 6.45) is 1.49. The number of ether oxygens (including phenoxy) is 1. The van der Waals surface area contributed by atoms with Crippen molar-refractivity contribution in [3.8, 4) is 22.6 Å². The molecule has 152 valence electrons. The fourth-order valence-electron chi connectivity index (χ4n) is 2.77. The standard InChI is InChI=1S/C21H20FNO5S/c1-3-27-19(24)13-12-18-23-20(14-6-10-17(11-7-14)29(2,25)26)21(28-18)15-4-8-16(22)9-5-15/h4-11H,3,12-13H2,1-2H3. The number of nitrogens with zero attached hydrogens (tertiary/aromatic N) is 1. The normalized spacial score (nSPS) is 11.4. The molecule has 8 heteroatoms. The van der Waals surface area contributed by atoms with Crippen LogP contribution in [0.4, 0.5) is 4.39 Å². The van der Waals surface area contributed by atoms with Crippen LogP contribution in [0.5, 0.6) is 0 Å². The lowest BCUT2D eigenvalue weighted by Crippen LogP contribution is -2.05. The lowest BCUT2D eigenvalue weighted by Gasteiger charge is -2.03. The van der Waals surface area contributed by atoms with Gasteiger partial charge >= 0.3 is 5.97 Å². The van der Waals surface area contributed by atoms with Crippen LogP contribution in [0.1, 0.15) is 19.2 Å². The van der Waals surface area contributed by atoms with Crippen LogP contribution in [-0.4, -0.2) is 32.2 Å². The summed E-state index contributed by atoms with van der Waals surface area (Å²) >= 11 is 0. The highest BCUT2D eigenvalue weighted by molar-refractivity contribution is 7.90. The van der Waals surface area contributed by atoms with E-state index in [0.29, 0.717) is 35.1 Å². The molecule has 0 fully saturated rings. The first kappa shape index (κ1) is 20.7. The Morgan fingerprint density at radius 2 is 1.69 bits per heavy atom. The predicted molar refractivity (Wildman–Crippen MR) is 105 cm³/mol. The Bertz CT molecular complexity index is 1100. The molecule has 0 aliphatic carbocycles. The van der Waals surface area contributed by atoms with Gasteiger partial charge in [-0.2, -0.15) is 0 Å². The predicted octanol–water partition coefficient (Wildman–Crippen LogP) is 4.05. The van der Waals surface area contributed by atoms with E-state index in [0.717, 1.165) is 6.26 Å². The smallest absolute Gasteiger partial charge is 0.306 e. The number of esters is 1. The molecule has 0 amide bonds. The molecule has 1 heterocycles. The van der Waals surface area contributed by atoms with E-state index in [1.807, 2.05) is 0 Å². The highest BCUT2D eigenvalue weighted by Gasteiger charge is 2.19. The van der Waals surface area contributed by atoms with Crippen molar-refractivity contribution in [1.29, 1.82) is 0 Å². The molecule has 0 aliphatic heterocycles. The highest BCUT2D eigenvalue weighted by atomic mass is 32.2. The number of sulfone groups is 1. The number of carbonyl (C=O) groups excluding carboxylic acids is 1. The van der Waals surface area contributed by atoms with Crippen LogP contribution in [0, 0.1) is 5.82 Å². The van der Waals surface area contributed by atoms with Crippen LogP contribution in [0.3, 0.4) is 0 Å². The van der Waals surface area contributed by atoms with Gasteiger partial charge in [-0.15, -0.1) is 0 Å². The number of hydrogen-bond acceptors (Lipinski definition) is 6. The maximum atomic E-state index is 13.3. The van der Waals surface area contributed by atoms with Crippen LogP contribution in [0.25, 0.3) is 22.6 Å². The minimum atomic E-state index is -3.32. The van der Waals surface area contributed by atoms with Gasteiger partial charge in [-0.3, -0.25) is 4.79 Å². The maximum absolute atomic E-state index is 13.3. The largest absolute Gasteiger partial charge is 0.466 e. The average Bonchev–Trinajstić information content (AvgIpc) is 3.11. The zero-order valence-electron chi connectivity index (χ0n) is 16.0. The van der Waals surface area contributed by atoms with Crippen molar-refractivity contribution < 1.29 is 26.8 Å². The van der Waals surface area contributed by atoms with Gasteiger partial charge in [0.1, 0.15) is 11.5 Å². The molecular formula is C21H20FNO5S. The first-order chi connectivity index (χ1) is 13.8. The van der Waals surface area contributed by atoms with E-state index in [1.165, 1.54) is 24.3 Å². The minimum Gasteiger partial charge on any atom is -0.466 e. The van der Waals surface area contributed by atoms with Gasteiger partial charge in [0, 0.05) is 23.8 Å². The molecule has 0 radical (unpaired) electrons. The number of aromatic nitrogens is 1. The second kappa shape index (κ2) is 8.57. The summed E-state index contributed by atoms with van der Waals surface area (Å²) < 4.78 is 47.5. The zero-order valence-corrected chi connectivity index (χ0v) is 16.8. The first-order valence-corrected chi connectivity index (χ1v) is 10.9. The third-order valence-electron chi connectivity index (χ3n) is 4.18. The molecule has 1 aromatic heterocycles. The molecule has 0 bridgehead atoms. The van der Waals surface area contributed by atoms with Crippen LogP contribution in [-0.2, 0) is 25.8 Å². The van der Waals surface area contributed by atoms with Crippen LogP contribution in [0.15, 0.2) is 57.8 Å². The number of oxazole rings is 1. The van der Waals surface area contributed by atoms with Gasteiger partial charge in [0.15, 0.2) is 21.5 Å². The fraction of sp³-hybridized carbons (Fsp3) is 0.238. The molecule has 0 saturated carbocycles. The van der Waals surface area contributed by atoms with Crippen molar-refractivity contribution in [1.82, 2.24) is 4.98 Å². The third-order valence-corrected chi connectivity index (χ3v) is 5.31. The van der Waals surface area contributed by atoms with Gasteiger partial charge in [0.05, 0.1) is 17.9 Å². The number of rotatable bonds is 7. The fourth-order valence-corrected chi connectivity index (χ4v) is 3.40. The Morgan fingerprint density at radius 3 is 2.28 bits per heavy atom. The van der Waals surface area contributed by atoms with Gasteiger partial charge in [-0.25, -0.2) is 17.8 Å². The minimum absolute atomic E-state index is 0.115.